The first kappa shape index (κ1) is 11.6. The average molecular weight is 209 g/mol. The van der Waals surface area contributed by atoms with Crippen LogP contribution in [0.3, 0.4) is 0 Å². The molecule has 0 saturated heterocycles. The summed E-state index contributed by atoms with van der Waals surface area (Å²) in [6.45, 7) is 5.58. The molecule has 0 heterocycles. The second-order valence-electron chi connectivity index (χ2n) is 1.48. The number of hydrogen-bond acceptors (Lipinski definition) is 0. The SMILES string of the molecule is C=CCC=CC=CC.[Ru]. The fraction of sp³-hybridized carbons (Fsp3) is 0.250. The second-order valence-corrected chi connectivity index (χ2v) is 1.48. The molecule has 9 heavy (non-hydrogen) atoms. The van der Waals surface area contributed by atoms with Crippen LogP contribution in [-0.2, 0) is 19.5 Å². The van der Waals surface area contributed by atoms with Gasteiger partial charge in [0.2, 0.25) is 0 Å². The van der Waals surface area contributed by atoms with Gasteiger partial charge in [-0.15, -0.1) is 6.58 Å². The van der Waals surface area contributed by atoms with Crippen molar-refractivity contribution in [2.45, 2.75) is 13.3 Å². The van der Waals surface area contributed by atoms with Gasteiger partial charge in [0.05, 0.1) is 0 Å². The third-order valence-electron chi connectivity index (χ3n) is 0.742. The number of allylic oxidation sites excluding steroid dienone is 5. The Labute approximate surface area is 70.1 Å². The molecule has 52 valence electrons. The molecule has 0 fully saturated rings. The first-order valence-electron chi connectivity index (χ1n) is 2.80. The van der Waals surface area contributed by atoms with Crippen LogP contribution < -0.4 is 0 Å². The van der Waals surface area contributed by atoms with Gasteiger partial charge in [0.15, 0.2) is 0 Å². The minimum Gasteiger partial charge on any atom is -0.103 e. The summed E-state index contributed by atoms with van der Waals surface area (Å²) in [5.74, 6) is 0. The van der Waals surface area contributed by atoms with Gasteiger partial charge in [0, 0.05) is 19.5 Å². The summed E-state index contributed by atoms with van der Waals surface area (Å²) in [4.78, 5) is 0. The zero-order chi connectivity index (χ0) is 6.24. The summed E-state index contributed by atoms with van der Waals surface area (Å²) < 4.78 is 0. The Morgan fingerprint density at radius 2 is 2.00 bits per heavy atom. The van der Waals surface area contributed by atoms with E-state index in [0.717, 1.165) is 6.42 Å². The summed E-state index contributed by atoms with van der Waals surface area (Å²) in [5, 5.41) is 0. The third-order valence-corrected chi connectivity index (χ3v) is 0.742. The van der Waals surface area contributed by atoms with Crippen molar-refractivity contribution in [2.24, 2.45) is 0 Å². The van der Waals surface area contributed by atoms with E-state index in [1.807, 2.05) is 31.2 Å². The fourth-order valence-electron chi connectivity index (χ4n) is 0.364. The molecule has 0 aliphatic heterocycles. The molecule has 0 aromatic carbocycles. The van der Waals surface area contributed by atoms with Gasteiger partial charge < -0.3 is 0 Å². The molecule has 0 N–H and O–H groups in total. The second kappa shape index (κ2) is 10.8. The Kier molecular flexibility index (Phi) is 13.9. The molecule has 0 aliphatic rings. The van der Waals surface area contributed by atoms with Gasteiger partial charge in [-0.3, -0.25) is 0 Å². The summed E-state index contributed by atoms with van der Waals surface area (Å²) >= 11 is 0. The van der Waals surface area contributed by atoms with Crippen molar-refractivity contribution in [3.8, 4) is 0 Å². The summed E-state index contributed by atoms with van der Waals surface area (Å²) in [6, 6.07) is 0. The van der Waals surface area contributed by atoms with E-state index in [4.69, 9.17) is 0 Å². The predicted octanol–water partition coefficient (Wildman–Crippen LogP) is 2.69. The molecule has 0 rings (SSSR count). The zero-order valence-electron chi connectivity index (χ0n) is 5.65. The first-order chi connectivity index (χ1) is 3.91. The van der Waals surface area contributed by atoms with Crippen molar-refractivity contribution in [2.75, 3.05) is 0 Å². The summed E-state index contributed by atoms with van der Waals surface area (Å²) in [6.07, 6.45) is 10.9. The van der Waals surface area contributed by atoms with Crippen molar-refractivity contribution in [3.63, 3.8) is 0 Å². The smallest absolute Gasteiger partial charge is 0 e. The van der Waals surface area contributed by atoms with Crippen molar-refractivity contribution in [3.05, 3.63) is 37.0 Å². The van der Waals surface area contributed by atoms with E-state index in [1.54, 1.807) is 0 Å². The van der Waals surface area contributed by atoms with Crippen molar-refractivity contribution in [1.82, 2.24) is 0 Å². The van der Waals surface area contributed by atoms with E-state index in [-0.39, 0.29) is 19.5 Å². The van der Waals surface area contributed by atoms with Crippen LogP contribution in [0.25, 0.3) is 0 Å². The fourth-order valence-corrected chi connectivity index (χ4v) is 0.364. The topological polar surface area (TPSA) is 0 Å². The maximum Gasteiger partial charge on any atom is 0 e. The Balaban J connectivity index is 0. The maximum atomic E-state index is 3.58. The minimum atomic E-state index is 0. The number of hydrogen-bond donors (Lipinski definition) is 0. The molecule has 0 unspecified atom stereocenters. The molecule has 0 saturated carbocycles. The molecule has 0 bridgehead atoms. The summed E-state index contributed by atoms with van der Waals surface area (Å²) in [5.41, 5.74) is 0. The van der Waals surface area contributed by atoms with Crippen LogP contribution in [0.15, 0.2) is 37.0 Å². The van der Waals surface area contributed by atoms with Gasteiger partial charge in [-0.2, -0.15) is 0 Å². The van der Waals surface area contributed by atoms with Crippen molar-refractivity contribution >= 4 is 0 Å². The normalized spacial score (nSPS) is 9.89. The molecular formula is C8H12Ru. The quantitative estimate of drug-likeness (QED) is 0.381. The van der Waals surface area contributed by atoms with Crippen molar-refractivity contribution in [1.29, 1.82) is 0 Å². The molecule has 0 aromatic heterocycles. The van der Waals surface area contributed by atoms with Crippen molar-refractivity contribution < 1.29 is 19.5 Å². The van der Waals surface area contributed by atoms with Gasteiger partial charge in [-0.05, 0) is 13.3 Å². The van der Waals surface area contributed by atoms with Crippen LogP contribution in [0.5, 0.6) is 0 Å². The maximum absolute atomic E-state index is 3.58. The van der Waals surface area contributed by atoms with Gasteiger partial charge in [-0.25, -0.2) is 0 Å². The van der Waals surface area contributed by atoms with Crippen LogP contribution in [0, 0.1) is 0 Å². The Morgan fingerprint density at radius 3 is 2.44 bits per heavy atom. The Hall–Kier alpha value is -0.157. The monoisotopic (exact) mass is 210 g/mol. The van der Waals surface area contributed by atoms with Crippen LogP contribution in [0.1, 0.15) is 13.3 Å². The third kappa shape index (κ3) is 11.4. The average Bonchev–Trinajstić information content (AvgIpc) is 1.81. The van der Waals surface area contributed by atoms with Crippen LogP contribution in [0.4, 0.5) is 0 Å². The van der Waals surface area contributed by atoms with E-state index in [9.17, 15) is 0 Å². The van der Waals surface area contributed by atoms with Gasteiger partial charge in [0.1, 0.15) is 0 Å². The van der Waals surface area contributed by atoms with E-state index in [0.29, 0.717) is 0 Å². The Morgan fingerprint density at radius 1 is 1.33 bits per heavy atom. The van der Waals surface area contributed by atoms with Gasteiger partial charge in [0.25, 0.3) is 0 Å². The molecule has 0 aromatic rings. The Bertz CT molecular complexity index is 101. The largest absolute Gasteiger partial charge is 0.103 e. The molecule has 0 amide bonds. The first-order valence-corrected chi connectivity index (χ1v) is 2.80. The van der Waals surface area contributed by atoms with Gasteiger partial charge in [-0.1, -0.05) is 30.4 Å². The van der Waals surface area contributed by atoms with E-state index in [2.05, 4.69) is 12.7 Å². The number of rotatable bonds is 3. The molecule has 0 atom stereocenters. The van der Waals surface area contributed by atoms with Crippen LogP contribution in [-0.4, -0.2) is 0 Å². The molecule has 0 spiro atoms. The van der Waals surface area contributed by atoms with E-state index < -0.39 is 0 Å². The minimum absolute atomic E-state index is 0. The van der Waals surface area contributed by atoms with Gasteiger partial charge >= 0.3 is 0 Å². The molecule has 1 heteroatoms. The van der Waals surface area contributed by atoms with Crippen LogP contribution >= 0.6 is 0 Å². The summed E-state index contributed by atoms with van der Waals surface area (Å²) in [7, 11) is 0. The zero-order valence-corrected chi connectivity index (χ0v) is 7.39. The molecule has 0 nitrogen and oxygen atoms in total. The molecular weight excluding hydrogens is 197 g/mol. The molecule has 0 aliphatic carbocycles. The molecule has 0 radical (unpaired) electrons. The predicted molar refractivity (Wildman–Crippen MR) is 38.8 cm³/mol. The van der Waals surface area contributed by atoms with E-state index in [1.165, 1.54) is 0 Å². The standard InChI is InChI=1S/C8H12.Ru/c1-3-5-7-8-6-4-2;/h3-4,6-8H,1,5H2,2H3;. The van der Waals surface area contributed by atoms with Crippen LogP contribution in [0.2, 0.25) is 0 Å². The van der Waals surface area contributed by atoms with E-state index >= 15 is 0 Å².